The largest absolute Gasteiger partial charge is 0.344 e. The van der Waals surface area contributed by atoms with Crippen molar-refractivity contribution in [1.29, 1.82) is 0 Å². The van der Waals surface area contributed by atoms with Gasteiger partial charge in [0.1, 0.15) is 5.69 Å². The van der Waals surface area contributed by atoms with Crippen molar-refractivity contribution in [3.63, 3.8) is 0 Å². The number of hydrogen-bond donors (Lipinski definition) is 1. The minimum absolute atomic E-state index is 0.0142. The van der Waals surface area contributed by atoms with Crippen molar-refractivity contribution in [3.8, 4) is 11.5 Å². The van der Waals surface area contributed by atoms with Gasteiger partial charge >= 0.3 is 0 Å². The molecule has 1 amide bonds. The number of benzene rings is 1. The smallest absolute Gasteiger partial charge is 0.270 e. The molecule has 7 heteroatoms. The van der Waals surface area contributed by atoms with Gasteiger partial charge in [-0.15, -0.1) is 0 Å². The van der Waals surface area contributed by atoms with Gasteiger partial charge in [0.05, 0.1) is 6.04 Å². The van der Waals surface area contributed by atoms with E-state index in [0.29, 0.717) is 17.4 Å². The van der Waals surface area contributed by atoms with E-state index < -0.39 is 0 Å². The number of fused-ring (bicyclic) bond motifs is 1. The van der Waals surface area contributed by atoms with E-state index in [2.05, 4.69) is 26.6 Å². The first-order valence-corrected chi connectivity index (χ1v) is 8.40. The number of hydrogen-bond acceptors (Lipinski definition) is 5. The van der Waals surface area contributed by atoms with E-state index >= 15 is 0 Å². The number of aromatic nitrogens is 4. The Labute approximate surface area is 145 Å². The SMILES string of the molecule is CCc1noc(-c2ccc3c(c2)CCC3NC(=O)c2ccnn2C)n1. The zero-order valence-corrected chi connectivity index (χ0v) is 14.2. The topological polar surface area (TPSA) is 85.8 Å². The molecule has 0 saturated heterocycles. The second-order valence-electron chi connectivity index (χ2n) is 6.19. The van der Waals surface area contributed by atoms with Crippen LogP contribution in [0, 0.1) is 0 Å². The molecule has 1 unspecified atom stereocenters. The molecule has 1 N–H and O–H groups in total. The second kappa shape index (κ2) is 6.16. The average molecular weight is 337 g/mol. The zero-order chi connectivity index (χ0) is 17.4. The minimum Gasteiger partial charge on any atom is -0.344 e. The summed E-state index contributed by atoms with van der Waals surface area (Å²) in [6.45, 7) is 1.99. The third-order valence-electron chi connectivity index (χ3n) is 4.61. The van der Waals surface area contributed by atoms with Crippen LogP contribution in [0.25, 0.3) is 11.5 Å². The highest BCUT2D eigenvalue weighted by atomic mass is 16.5. The molecule has 1 aromatic carbocycles. The van der Waals surface area contributed by atoms with Crippen LogP contribution in [0.5, 0.6) is 0 Å². The quantitative estimate of drug-likeness (QED) is 0.790. The standard InChI is InChI=1S/C18H19N5O2/c1-3-16-21-18(25-22-16)12-4-6-13-11(10-12)5-7-14(13)20-17(24)15-8-9-19-23(15)2/h4,6,8-10,14H,3,5,7H2,1-2H3,(H,20,24). The van der Waals surface area contributed by atoms with Crippen molar-refractivity contribution in [2.24, 2.45) is 7.05 Å². The molecule has 0 fully saturated rings. The zero-order valence-electron chi connectivity index (χ0n) is 14.2. The highest BCUT2D eigenvalue weighted by molar-refractivity contribution is 5.92. The Morgan fingerprint density at radius 3 is 3.00 bits per heavy atom. The molecule has 128 valence electrons. The van der Waals surface area contributed by atoms with Crippen LogP contribution in [0.3, 0.4) is 0 Å². The van der Waals surface area contributed by atoms with Crippen LogP contribution in [0.15, 0.2) is 35.0 Å². The second-order valence-corrected chi connectivity index (χ2v) is 6.19. The first-order chi connectivity index (χ1) is 12.2. The summed E-state index contributed by atoms with van der Waals surface area (Å²) in [5, 5.41) is 11.1. The Morgan fingerprint density at radius 2 is 2.28 bits per heavy atom. The molecule has 1 aliphatic rings. The van der Waals surface area contributed by atoms with Gasteiger partial charge in [-0.1, -0.05) is 18.1 Å². The number of carbonyl (C=O) groups is 1. The molecule has 7 nitrogen and oxygen atoms in total. The fraction of sp³-hybridized carbons (Fsp3) is 0.333. The van der Waals surface area contributed by atoms with Crippen molar-refractivity contribution in [1.82, 2.24) is 25.2 Å². The molecule has 0 spiro atoms. The molecular formula is C18H19N5O2. The fourth-order valence-corrected chi connectivity index (χ4v) is 3.24. The molecule has 25 heavy (non-hydrogen) atoms. The van der Waals surface area contributed by atoms with Crippen LogP contribution >= 0.6 is 0 Å². The molecule has 0 aliphatic heterocycles. The average Bonchev–Trinajstić information content (AvgIpc) is 3.34. The Kier molecular flexibility index (Phi) is 3.83. The summed E-state index contributed by atoms with van der Waals surface area (Å²) in [6.07, 6.45) is 4.16. The number of nitrogens with zero attached hydrogens (tertiary/aromatic N) is 4. The number of nitrogens with one attached hydrogen (secondary N) is 1. The maximum atomic E-state index is 12.4. The third kappa shape index (κ3) is 2.82. The predicted molar refractivity (Wildman–Crippen MR) is 90.8 cm³/mol. The Balaban J connectivity index is 1.55. The van der Waals surface area contributed by atoms with Crippen molar-refractivity contribution in [2.75, 3.05) is 0 Å². The van der Waals surface area contributed by atoms with Crippen molar-refractivity contribution in [2.45, 2.75) is 32.2 Å². The van der Waals surface area contributed by atoms with E-state index in [-0.39, 0.29) is 11.9 Å². The summed E-state index contributed by atoms with van der Waals surface area (Å²) < 4.78 is 6.89. The van der Waals surface area contributed by atoms with Gasteiger partial charge in [-0.3, -0.25) is 9.48 Å². The number of aryl methyl sites for hydroxylation is 3. The highest BCUT2D eigenvalue weighted by Crippen LogP contribution is 2.34. The molecule has 1 aliphatic carbocycles. The van der Waals surface area contributed by atoms with Crippen LogP contribution in [0.2, 0.25) is 0 Å². The number of carbonyl (C=O) groups excluding carboxylic acids is 1. The molecule has 1 atom stereocenters. The van der Waals surface area contributed by atoms with E-state index in [1.165, 1.54) is 5.56 Å². The van der Waals surface area contributed by atoms with Crippen LogP contribution in [0.1, 0.15) is 46.8 Å². The van der Waals surface area contributed by atoms with Crippen LogP contribution in [-0.2, 0) is 19.9 Å². The van der Waals surface area contributed by atoms with E-state index in [9.17, 15) is 4.79 Å². The molecule has 2 aromatic heterocycles. The van der Waals surface area contributed by atoms with Crippen LogP contribution in [0.4, 0.5) is 0 Å². The molecule has 4 rings (SSSR count). The lowest BCUT2D eigenvalue weighted by molar-refractivity contribution is 0.0927. The normalized spacial score (nSPS) is 16.0. The van der Waals surface area contributed by atoms with Crippen molar-refractivity contribution < 1.29 is 9.32 Å². The number of amides is 1. The van der Waals surface area contributed by atoms with Gasteiger partial charge in [0.25, 0.3) is 11.8 Å². The van der Waals surface area contributed by atoms with E-state index in [1.54, 1.807) is 24.0 Å². The van der Waals surface area contributed by atoms with Gasteiger partial charge in [-0.2, -0.15) is 10.1 Å². The summed E-state index contributed by atoms with van der Waals surface area (Å²) in [5.74, 6) is 1.14. The maximum Gasteiger partial charge on any atom is 0.270 e. The molecule has 0 radical (unpaired) electrons. The van der Waals surface area contributed by atoms with E-state index in [0.717, 1.165) is 30.4 Å². The van der Waals surface area contributed by atoms with Crippen LogP contribution in [-0.4, -0.2) is 25.8 Å². The van der Waals surface area contributed by atoms with Gasteiger partial charge < -0.3 is 9.84 Å². The lowest BCUT2D eigenvalue weighted by Gasteiger charge is -2.14. The van der Waals surface area contributed by atoms with Gasteiger partial charge in [-0.05, 0) is 42.2 Å². The predicted octanol–water partition coefficient (Wildman–Crippen LogP) is 2.45. The van der Waals surface area contributed by atoms with Crippen molar-refractivity contribution in [3.05, 3.63) is 53.1 Å². The summed E-state index contributed by atoms with van der Waals surface area (Å²) >= 11 is 0. The van der Waals surface area contributed by atoms with E-state index in [1.807, 2.05) is 19.1 Å². The Morgan fingerprint density at radius 1 is 1.40 bits per heavy atom. The summed E-state index contributed by atoms with van der Waals surface area (Å²) in [4.78, 5) is 16.8. The first kappa shape index (κ1) is 15.6. The Bertz CT molecular complexity index is 927. The highest BCUT2D eigenvalue weighted by Gasteiger charge is 2.26. The molecule has 2 heterocycles. The van der Waals surface area contributed by atoms with Gasteiger partial charge in [0.15, 0.2) is 5.82 Å². The summed E-state index contributed by atoms with van der Waals surface area (Å²) in [5.41, 5.74) is 3.84. The minimum atomic E-state index is -0.105. The van der Waals surface area contributed by atoms with Crippen LogP contribution < -0.4 is 5.32 Å². The third-order valence-corrected chi connectivity index (χ3v) is 4.61. The van der Waals surface area contributed by atoms with E-state index in [4.69, 9.17) is 4.52 Å². The van der Waals surface area contributed by atoms with Gasteiger partial charge in [0.2, 0.25) is 0 Å². The van der Waals surface area contributed by atoms with Gasteiger partial charge in [0, 0.05) is 25.2 Å². The number of rotatable bonds is 4. The lowest BCUT2D eigenvalue weighted by atomic mass is 10.0. The fourth-order valence-electron chi connectivity index (χ4n) is 3.24. The van der Waals surface area contributed by atoms with Crippen molar-refractivity contribution >= 4 is 5.91 Å². The first-order valence-electron chi connectivity index (χ1n) is 8.40. The summed E-state index contributed by atoms with van der Waals surface area (Å²) in [7, 11) is 1.76. The summed E-state index contributed by atoms with van der Waals surface area (Å²) in [6, 6.07) is 7.83. The monoisotopic (exact) mass is 337 g/mol. The van der Waals surface area contributed by atoms with Gasteiger partial charge in [-0.25, -0.2) is 0 Å². The lowest BCUT2D eigenvalue weighted by Crippen LogP contribution is -2.28. The molecule has 3 aromatic rings. The maximum absolute atomic E-state index is 12.4. The Hall–Kier alpha value is -2.96. The molecule has 0 saturated carbocycles. The molecular weight excluding hydrogens is 318 g/mol. The molecule has 0 bridgehead atoms.